The lowest BCUT2D eigenvalue weighted by atomic mass is 10.0. The van der Waals surface area contributed by atoms with E-state index >= 15 is 0 Å². The highest BCUT2D eigenvalue weighted by Crippen LogP contribution is 2.20. The van der Waals surface area contributed by atoms with Crippen LogP contribution in [0.4, 0.5) is 0 Å². The molecule has 0 saturated heterocycles. The predicted molar refractivity (Wildman–Crippen MR) is 50.5 cm³/mol. The summed E-state index contributed by atoms with van der Waals surface area (Å²) in [7, 11) is 0. The van der Waals surface area contributed by atoms with E-state index in [0.717, 1.165) is 37.4 Å². The summed E-state index contributed by atoms with van der Waals surface area (Å²) in [6.07, 6.45) is 2.09. The molecular weight excluding hydrogens is 164 g/mol. The average Bonchev–Trinajstić information content (AvgIpc) is 2.48. The SMILES string of the molecule is CC(C)Cc1onc2c1CCNC2. The van der Waals surface area contributed by atoms with Crippen LogP contribution in [0.1, 0.15) is 30.9 Å². The molecule has 3 heteroatoms. The molecule has 0 radical (unpaired) electrons. The summed E-state index contributed by atoms with van der Waals surface area (Å²) < 4.78 is 5.34. The Hall–Kier alpha value is -0.830. The van der Waals surface area contributed by atoms with Crippen molar-refractivity contribution in [1.82, 2.24) is 10.5 Å². The highest BCUT2D eigenvalue weighted by atomic mass is 16.5. The van der Waals surface area contributed by atoms with Gasteiger partial charge in [0.2, 0.25) is 0 Å². The maximum atomic E-state index is 5.34. The van der Waals surface area contributed by atoms with E-state index in [4.69, 9.17) is 4.52 Å². The van der Waals surface area contributed by atoms with Crippen LogP contribution < -0.4 is 5.32 Å². The van der Waals surface area contributed by atoms with E-state index < -0.39 is 0 Å². The van der Waals surface area contributed by atoms with Gasteiger partial charge in [0.05, 0.1) is 0 Å². The predicted octanol–water partition coefficient (Wildman–Crippen LogP) is 1.52. The first kappa shape index (κ1) is 8.75. The van der Waals surface area contributed by atoms with Gasteiger partial charge in [-0.2, -0.15) is 0 Å². The van der Waals surface area contributed by atoms with Gasteiger partial charge in [0.15, 0.2) is 0 Å². The molecule has 0 unspecified atom stereocenters. The number of aromatic nitrogens is 1. The van der Waals surface area contributed by atoms with Crippen LogP contribution >= 0.6 is 0 Å². The molecule has 3 nitrogen and oxygen atoms in total. The molecule has 1 aromatic rings. The van der Waals surface area contributed by atoms with Crippen LogP contribution in [0.2, 0.25) is 0 Å². The van der Waals surface area contributed by atoms with Crippen LogP contribution in [0.3, 0.4) is 0 Å². The van der Waals surface area contributed by atoms with Crippen molar-refractivity contribution in [2.75, 3.05) is 6.54 Å². The summed E-state index contributed by atoms with van der Waals surface area (Å²) in [6.45, 7) is 6.34. The molecule has 72 valence electrons. The summed E-state index contributed by atoms with van der Waals surface area (Å²) in [5, 5.41) is 7.36. The van der Waals surface area contributed by atoms with E-state index in [-0.39, 0.29) is 0 Å². The van der Waals surface area contributed by atoms with E-state index in [2.05, 4.69) is 24.3 Å². The van der Waals surface area contributed by atoms with E-state index in [1.807, 2.05) is 0 Å². The second-order valence-corrected chi connectivity index (χ2v) is 4.06. The highest BCUT2D eigenvalue weighted by molar-refractivity contribution is 5.25. The minimum Gasteiger partial charge on any atom is -0.361 e. The Kier molecular flexibility index (Phi) is 2.36. The zero-order valence-corrected chi connectivity index (χ0v) is 8.26. The number of nitrogens with one attached hydrogen (secondary N) is 1. The van der Waals surface area contributed by atoms with Crippen molar-refractivity contribution in [1.29, 1.82) is 0 Å². The zero-order valence-electron chi connectivity index (χ0n) is 8.26. The lowest BCUT2D eigenvalue weighted by Gasteiger charge is -2.11. The van der Waals surface area contributed by atoms with Crippen LogP contribution in [-0.2, 0) is 19.4 Å². The lowest BCUT2D eigenvalue weighted by Crippen LogP contribution is -2.23. The van der Waals surface area contributed by atoms with Crippen molar-refractivity contribution >= 4 is 0 Å². The Labute approximate surface area is 78.5 Å². The van der Waals surface area contributed by atoms with Crippen LogP contribution in [0.5, 0.6) is 0 Å². The maximum Gasteiger partial charge on any atom is 0.140 e. The fourth-order valence-corrected chi connectivity index (χ4v) is 1.76. The largest absolute Gasteiger partial charge is 0.361 e. The van der Waals surface area contributed by atoms with Crippen LogP contribution in [0.15, 0.2) is 4.52 Å². The second-order valence-electron chi connectivity index (χ2n) is 4.06. The zero-order chi connectivity index (χ0) is 9.26. The highest BCUT2D eigenvalue weighted by Gasteiger charge is 2.18. The molecule has 0 bridgehead atoms. The Bertz CT molecular complexity index is 291. The van der Waals surface area contributed by atoms with Gasteiger partial charge in [-0.1, -0.05) is 19.0 Å². The molecule has 2 rings (SSSR count). The van der Waals surface area contributed by atoms with Crippen LogP contribution in [-0.4, -0.2) is 11.7 Å². The van der Waals surface area contributed by atoms with Crippen molar-refractivity contribution in [2.24, 2.45) is 5.92 Å². The van der Waals surface area contributed by atoms with Gasteiger partial charge in [-0.3, -0.25) is 0 Å². The fourth-order valence-electron chi connectivity index (χ4n) is 1.76. The number of hydrogen-bond acceptors (Lipinski definition) is 3. The normalized spacial score (nSPS) is 16.2. The maximum absolute atomic E-state index is 5.34. The smallest absolute Gasteiger partial charge is 0.140 e. The Morgan fingerprint density at radius 2 is 2.38 bits per heavy atom. The van der Waals surface area contributed by atoms with Crippen LogP contribution in [0.25, 0.3) is 0 Å². The molecular formula is C10H16N2O. The summed E-state index contributed by atoms with van der Waals surface area (Å²) in [4.78, 5) is 0. The molecule has 2 heterocycles. The molecule has 1 aliphatic heterocycles. The first-order valence-corrected chi connectivity index (χ1v) is 4.94. The van der Waals surface area contributed by atoms with E-state index in [1.165, 1.54) is 5.56 Å². The summed E-state index contributed by atoms with van der Waals surface area (Å²) >= 11 is 0. The Morgan fingerprint density at radius 1 is 1.54 bits per heavy atom. The third-order valence-corrected chi connectivity index (χ3v) is 2.39. The summed E-state index contributed by atoms with van der Waals surface area (Å²) in [5.74, 6) is 1.75. The van der Waals surface area contributed by atoms with E-state index in [0.29, 0.717) is 5.92 Å². The van der Waals surface area contributed by atoms with Gasteiger partial charge in [-0.15, -0.1) is 0 Å². The fraction of sp³-hybridized carbons (Fsp3) is 0.700. The molecule has 13 heavy (non-hydrogen) atoms. The Balaban J connectivity index is 2.21. The molecule has 1 aromatic heterocycles. The quantitative estimate of drug-likeness (QED) is 0.749. The molecule has 0 aliphatic carbocycles. The topological polar surface area (TPSA) is 38.1 Å². The molecule has 0 saturated carbocycles. The molecule has 1 aliphatic rings. The average molecular weight is 180 g/mol. The van der Waals surface area contributed by atoms with E-state index in [9.17, 15) is 0 Å². The monoisotopic (exact) mass is 180 g/mol. The standard InChI is InChI=1S/C10H16N2O/c1-7(2)5-10-8-3-4-11-6-9(8)12-13-10/h7,11H,3-6H2,1-2H3. The van der Waals surface area contributed by atoms with Crippen molar-refractivity contribution < 1.29 is 4.52 Å². The number of nitrogens with zero attached hydrogens (tertiary/aromatic N) is 1. The van der Waals surface area contributed by atoms with Gasteiger partial charge < -0.3 is 9.84 Å². The number of rotatable bonds is 2. The Morgan fingerprint density at radius 3 is 3.15 bits per heavy atom. The van der Waals surface area contributed by atoms with Crippen molar-refractivity contribution in [3.63, 3.8) is 0 Å². The molecule has 0 amide bonds. The first-order chi connectivity index (χ1) is 6.27. The van der Waals surface area contributed by atoms with Gasteiger partial charge in [0.25, 0.3) is 0 Å². The van der Waals surface area contributed by atoms with Gasteiger partial charge in [-0.25, -0.2) is 0 Å². The van der Waals surface area contributed by atoms with Crippen molar-refractivity contribution in [3.05, 3.63) is 17.0 Å². The first-order valence-electron chi connectivity index (χ1n) is 4.94. The number of hydrogen-bond donors (Lipinski definition) is 1. The lowest BCUT2D eigenvalue weighted by molar-refractivity contribution is 0.362. The summed E-state index contributed by atoms with van der Waals surface area (Å²) in [5.41, 5.74) is 2.47. The van der Waals surface area contributed by atoms with Gasteiger partial charge >= 0.3 is 0 Å². The van der Waals surface area contributed by atoms with E-state index in [1.54, 1.807) is 0 Å². The second kappa shape index (κ2) is 3.50. The van der Waals surface area contributed by atoms with Gasteiger partial charge in [-0.05, 0) is 18.9 Å². The molecule has 0 aromatic carbocycles. The van der Waals surface area contributed by atoms with Crippen LogP contribution in [0, 0.1) is 5.92 Å². The molecule has 0 spiro atoms. The third kappa shape index (κ3) is 1.75. The minimum atomic E-state index is 0.645. The minimum absolute atomic E-state index is 0.645. The van der Waals surface area contributed by atoms with Crippen molar-refractivity contribution in [3.8, 4) is 0 Å². The van der Waals surface area contributed by atoms with Gasteiger partial charge in [0.1, 0.15) is 11.5 Å². The summed E-state index contributed by atoms with van der Waals surface area (Å²) in [6, 6.07) is 0. The third-order valence-electron chi connectivity index (χ3n) is 2.39. The molecule has 0 fully saturated rings. The number of fused-ring (bicyclic) bond motifs is 1. The van der Waals surface area contributed by atoms with Gasteiger partial charge in [0, 0.05) is 18.5 Å². The van der Waals surface area contributed by atoms with Crippen molar-refractivity contribution in [2.45, 2.75) is 33.2 Å². The molecule has 0 atom stereocenters. The molecule has 1 N–H and O–H groups in total.